The molecule has 98 valence electrons. The van der Waals surface area contributed by atoms with Crippen molar-refractivity contribution in [3.63, 3.8) is 0 Å². The van der Waals surface area contributed by atoms with Gasteiger partial charge in [-0.15, -0.1) is 0 Å². The fourth-order valence-corrected chi connectivity index (χ4v) is 1.97. The molecule has 4 nitrogen and oxygen atoms in total. The van der Waals surface area contributed by atoms with Gasteiger partial charge in [0.05, 0.1) is 6.10 Å². The number of benzene rings is 1. The average molecular weight is 249 g/mol. The van der Waals surface area contributed by atoms with Gasteiger partial charge in [-0.1, -0.05) is 30.5 Å². The van der Waals surface area contributed by atoms with Gasteiger partial charge in [-0.05, 0) is 31.9 Å². The van der Waals surface area contributed by atoms with Crippen LogP contribution in [0.15, 0.2) is 24.3 Å². The summed E-state index contributed by atoms with van der Waals surface area (Å²) >= 11 is 0. The predicted octanol–water partition coefficient (Wildman–Crippen LogP) is 2.36. The SMILES string of the molecule is Cc1ccc(OCC(=O)NOC2CCCC2)cc1. The van der Waals surface area contributed by atoms with Crippen molar-refractivity contribution in [2.75, 3.05) is 6.61 Å². The van der Waals surface area contributed by atoms with E-state index < -0.39 is 0 Å². The van der Waals surface area contributed by atoms with E-state index in [9.17, 15) is 4.79 Å². The van der Waals surface area contributed by atoms with Crippen LogP contribution in [0.5, 0.6) is 5.75 Å². The molecular weight excluding hydrogens is 230 g/mol. The van der Waals surface area contributed by atoms with Crippen LogP contribution in [0.3, 0.4) is 0 Å². The summed E-state index contributed by atoms with van der Waals surface area (Å²) in [5, 5.41) is 0. The number of ether oxygens (including phenoxy) is 1. The van der Waals surface area contributed by atoms with Crippen LogP contribution < -0.4 is 10.2 Å². The van der Waals surface area contributed by atoms with Crippen molar-refractivity contribution >= 4 is 5.91 Å². The highest BCUT2D eigenvalue weighted by Gasteiger charge is 2.16. The lowest BCUT2D eigenvalue weighted by atomic mass is 10.2. The van der Waals surface area contributed by atoms with Crippen LogP contribution in [0.1, 0.15) is 31.2 Å². The van der Waals surface area contributed by atoms with Crippen LogP contribution >= 0.6 is 0 Å². The molecule has 1 aromatic carbocycles. The molecule has 4 heteroatoms. The van der Waals surface area contributed by atoms with Gasteiger partial charge in [0, 0.05) is 0 Å². The molecule has 0 unspecified atom stereocenters. The normalized spacial score (nSPS) is 15.6. The predicted molar refractivity (Wildman–Crippen MR) is 68.2 cm³/mol. The molecule has 0 saturated heterocycles. The van der Waals surface area contributed by atoms with Gasteiger partial charge in [-0.2, -0.15) is 0 Å². The zero-order chi connectivity index (χ0) is 12.8. The number of carbonyl (C=O) groups is 1. The van der Waals surface area contributed by atoms with Gasteiger partial charge in [-0.3, -0.25) is 9.63 Å². The lowest BCUT2D eigenvalue weighted by Gasteiger charge is -2.11. The summed E-state index contributed by atoms with van der Waals surface area (Å²) in [5.74, 6) is 0.444. The smallest absolute Gasteiger partial charge is 0.281 e. The highest BCUT2D eigenvalue weighted by Crippen LogP contribution is 2.19. The molecule has 0 atom stereocenters. The van der Waals surface area contributed by atoms with Crippen LogP contribution in [0, 0.1) is 6.92 Å². The topological polar surface area (TPSA) is 47.6 Å². The van der Waals surface area contributed by atoms with Gasteiger partial charge in [-0.25, -0.2) is 5.48 Å². The maximum Gasteiger partial charge on any atom is 0.281 e. The highest BCUT2D eigenvalue weighted by atomic mass is 16.7. The number of hydroxylamine groups is 1. The second-order valence-electron chi connectivity index (χ2n) is 4.65. The Morgan fingerprint density at radius 3 is 2.61 bits per heavy atom. The molecule has 0 bridgehead atoms. The molecule has 1 aliphatic carbocycles. The van der Waals surface area contributed by atoms with Crippen molar-refractivity contribution in [1.82, 2.24) is 5.48 Å². The van der Waals surface area contributed by atoms with Gasteiger partial charge in [0.1, 0.15) is 5.75 Å². The zero-order valence-electron chi connectivity index (χ0n) is 10.6. The Bertz CT molecular complexity index is 383. The first kappa shape index (κ1) is 12.9. The summed E-state index contributed by atoms with van der Waals surface area (Å²) in [7, 11) is 0. The van der Waals surface area contributed by atoms with E-state index in [1.807, 2.05) is 31.2 Å². The molecule has 0 aliphatic heterocycles. The summed E-state index contributed by atoms with van der Waals surface area (Å²) in [6.07, 6.45) is 4.59. The van der Waals surface area contributed by atoms with Gasteiger partial charge in [0.2, 0.25) is 0 Å². The van der Waals surface area contributed by atoms with Crippen molar-refractivity contribution in [3.05, 3.63) is 29.8 Å². The molecule has 0 spiro atoms. The van der Waals surface area contributed by atoms with E-state index in [0.717, 1.165) is 18.4 Å². The van der Waals surface area contributed by atoms with Gasteiger partial charge in [0.15, 0.2) is 6.61 Å². The molecule has 1 N–H and O–H groups in total. The van der Waals surface area contributed by atoms with E-state index in [0.29, 0.717) is 5.75 Å². The minimum Gasteiger partial charge on any atom is -0.484 e. The summed E-state index contributed by atoms with van der Waals surface area (Å²) in [5.41, 5.74) is 3.61. The lowest BCUT2D eigenvalue weighted by molar-refractivity contribution is -0.140. The van der Waals surface area contributed by atoms with Gasteiger partial charge in [0.25, 0.3) is 5.91 Å². The number of nitrogens with one attached hydrogen (secondary N) is 1. The molecule has 1 amide bonds. The van der Waals surface area contributed by atoms with E-state index >= 15 is 0 Å². The molecule has 1 fully saturated rings. The zero-order valence-corrected chi connectivity index (χ0v) is 10.6. The Hall–Kier alpha value is -1.55. The molecule has 18 heavy (non-hydrogen) atoms. The third-order valence-electron chi connectivity index (χ3n) is 3.03. The van der Waals surface area contributed by atoms with E-state index in [1.54, 1.807) is 0 Å². The molecule has 1 saturated carbocycles. The third-order valence-corrected chi connectivity index (χ3v) is 3.03. The summed E-state index contributed by atoms with van der Waals surface area (Å²) in [6, 6.07) is 7.59. The maximum atomic E-state index is 11.5. The Kier molecular flexibility index (Phi) is 4.59. The van der Waals surface area contributed by atoms with Crippen molar-refractivity contribution in [2.45, 2.75) is 38.7 Å². The highest BCUT2D eigenvalue weighted by molar-refractivity contribution is 5.76. The standard InChI is InChI=1S/C14H19NO3/c1-11-6-8-12(9-7-11)17-10-14(16)15-18-13-4-2-3-5-13/h6-9,13H,2-5,10H2,1H3,(H,15,16). The number of aryl methyl sites for hydroxylation is 1. The van der Waals surface area contributed by atoms with Crippen LogP contribution in [0.25, 0.3) is 0 Å². The van der Waals surface area contributed by atoms with Crippen molar-refractivity contribution < 1.29 is 14.4 Å². The molecule has 0 radical (unpaired) electrons. The summed E-state index contributed by atoms with van der Waals surface area (Å²) in [4.78, 5) is 16.8. The minimum absolute atomic E-state index is 0.0181. The monoisotopic (exact) mass is 249 g/mol. The van der Waals surface area contributed by atoms with Gasteiger partial charge >= 0.3 is 0 Å². The number of rotatable bonds is 5. The fraction of sp³-hybridized carbons (Fsp3) is 0.500. The van der Waals surface area contributed by atoms with Crippen molar-refractivity contribution in [3.8, 4) is 5.75 Å². The lowest BCUT2D eigenvalue weighted by Crippen LogP contribution is -2.32. The quantitative estimate of drug-likeness (QED) is 0.815. The number of hydrogen-bond acceptors (Lipinski definition) is 3. The van der Waals surface area contributed by atoms with Crippen LogP contribution in [0.4, 0.5) is 0 Å². The average Bonchev–Trinajstić information content (AvgIpc) is 2.89. The van der Waals surface area contributed by atoms with Crippen molar-refractivity contribution in [2.24, 2.45) is 0 Å². The van der Waals surface area contributed by atoms with Crippen LogP contribution in [-0.2, 0) is 9.63 Å². The van der Waals surface area contributed by atoms with Crippen LogP contribution in [0.2, 0.25) is 0 Å². The minimum atomic E-state index is -0.248. The molecule has 1 aliphatic rings. The van der Waals surface area contributed by atoms with E-state index in [2.05, 4.69) is 5.48 Å². The van der Waals surface area contributed by atoms with E-state index in [-0.39, 0.29) is 18.6 Å². The number of amides is 1. The molecule has 0 heterocycles. The van der Waals surface area contributed by atoms with E-state index in [4.69, 9.17) is 9.57 Å². The first-order valence-corrected chi connectivity index (χ1v) is 6.38. The Balaban J connectivity index is 1.66. The molecule has 0 aromatic heterocycles. The molecule has 2 rings (SSSR count). The maximum absolute atomic E-state index is 11.5. The summed E-state index contributed by atoms with van der Waals surface area (Å²) in [6.45, 7) is 1.99. The Morgan fingerprint density at radius 1 is 1.28 bits per heavy atom. The fourth-order valence-electron chi connectivity index (χ4n) is 1.97. The first-order chi connectivity index (χ1) is 8.74. The van der Waals surface area contributed by atoms with Gasteiger partial charge < -0.3 is 4.74 Å². The number of carbonyl (C=O) groups excluding carboxylic acids is 1. The van der Waals surface area contributed by atoms with Crippen LogP contribution in [-0.4, -0.2) is 18.6 Å². The number of hydrogen-bond donors (Lipinski definition) is 1. The molecule has 1 aromatic rings. The second kappa shape index (κ2) is 6.40. The van der Waals surface area contributed by atoms with E-state index in [1.165, 1.54) is 12.8 Å². The third kappa shape index (κ3) is 4.04. The Labute approximate surface area is 107 Å². The summed E-state index contributed by atoms with van der Waals surface area (Å²) < 4.78 is 5.35. The Morgan fingerprint density at radius 2 is 1.94 bits per heavy atom. The second-order valence-corrected chi connectivity index (χ2v) is 4.65. The first-order valence-electron chi connectivity index (χ1n) is 6.38. The molecular formula is C14H19NO3. The van der Waals surface area contributed by atoms with Crippen molar-refractivity contribution in [1.29, 1.82) is 0 Å². The largest absolute Gasteiger partial charge is 0.484 e.